The lowest BCUT2D eigenvalue weighted by Gasteiger charge is -2.17. The molecule has 1 aromatic heterocycles. The van der Waals surface area contributed by atoms with Crippen LogP contribution in [0.3, 0.4) is 0 Å². The molecule has 0 saturated carbocycles. The summed E-state index contributed by atoms with van der Waals surface area (Å²) < 4.78 is 1.38. The molecule has 0 aromatic carbocycles. The summed E-state index contributed by atoms with van der Waals surface area (Å²) in [6.45, 7) is 1.57. The first-order chi connectivity index (χ1) is 8.91. The summed E-state index contributed by atoms with van der Waals surface area (Å²) in [7, 11) is 0. The fourth-order valence-electron chi connectivity index (χ4n) is 1.45. The molecular weight excluding hydrogens is 254 g/mol. The Morgan fingerprint density at radius 2 is 2.05 bits per heavy atom. The Bertz CT molecular complexity index is 457. The highest BCUT2D eigenvalue weighted by Gasteiger charge is 2.24. The predicted molar refractivity (Wildman–Crippen MR) is 63.4 cm³/mol. The molecule has 0 aliphatic heterocycles. The zero-order valence-corrected chi connectivity index (χ0v) is 10.3. The predicted octanol–water partition coefficient (Wildman–Crippen LogP) is -0.122. The highest BCUT2D eigenvalue weighted by Crippen LogP contribution is 2.05. The van der Waals surface area contributed by atoms with E-state index in [0.29, 0.717) is 0 Å². The van der Waals surface area contributed by atoms with Crippen LogP contribution in [0.4, 0.5) is 0 Å². The molecule has 0 aliphatic rings. The molecule has 8 nitrogen and oxygen atoms in total. The molecule has 2 atom stereocenters. The van der Waals surface area contributed by atoms with Gasteiger partial charge in [0.05, 0.1) is 0 Å². The van der Waals surface area contributed by atoms with Gasteiger partial charge in [-0.25, -0.2) is 4.79 Å². The first-order valence-corrected chi connectivity index (χ1v) is 5.66. The van der Waals surface area contributed by atoms with Gasteiger partial charge in [-0.1, -0.05) is 0 Å². The molecule has 3 N–H and O–H groups in total. The second-order valence-electron chi connectivity index (χ2n) is 3.99. The minimum absolute atomic E-state index is 0.164. The number of hydrogen-bond donors (Lipinski definition) is 3. The summed E-state index contributed by atoms with van der Waals surface area (Å²) in [5.74, 6) is -2.90. The van der Waals surface area contributed by atoms with Crippen molar-refractivity contribution in [2.45, 2.75) is 31.8 Å². The van der Waals surface area contributed by atoms with E-state index in [4.69, 9.17) is 10.2 Å². The van der Waals surface area contributed by atoms with Gasteiger partial charge < -0.3 is 15.5 Å². The van der Waals surface area contributed by atoms with Gasteiger partial charge in [0.25, 0.3) is 0 Å². The van der Waals surface area contributed by atoms with E-state index in [0.717, 1.165) is 0 Å². The Morgan fingerprint density at radius 1 is 1.37 bits per heavy atom. The van der Waals surface area contributed by atoms with Gasteiger partial charge in [0.2, 0.25) is 5.91 Å². The number of hydrogen-bond acceptors (Lipinski definition) is 4. The maximum atomic E-state index is 11.8. The molecule has 0 aliphatic carbocycles. The third-order valence-electron chi connectivity index (χ3n) is 2.56. The van der Waals surface area contributed by atoms with E-state index in [2.05, 4.69) is 10.4 Å². The van der Waals surface area contributed by atoms with Crippen molar-refractivity contribution in [1.82, 2.24) is 15.1 Å². The van der Waals surface area contributed by atoms with Gasteiger partial charge in [-0.15, -0.1) is 0 Å². The second-order valence-corrected chi connectivity index (χ2v) is 3.99. The number of aromatic nitrogens is 2. The average Bonchev–Trinajstić information content (AvgIpc) is 2.86. The average molecular weight is 269 g/mol. The number of nitrogens with one attached hydrogen (secondary N) is 1. The lowest BCUT2D eigenvalue weighted by molar-refractivity contribution is -0.143. The van der Waals surface area contributed by atoms with E-state index in [9.17, 15) is 14.4 Å². The molecule has 1 rings (SSSR count). The van der Waals surface area contributed by atoms with E-state index >= 15 is 0 Å². The largest absolute Gasteiger partial charge is 0.481 e. The maximum absolute atomic E-state index is 11.8. The summed E-state index contributed by atoms with van der Waals surface area (Å²) in [6.07, 6.45) is 2.59. The Kier molecular flexibility index (Phi) is 5.04. The minimum Gasteiger partial charge on any atom is -0.481 e. The third kappa shape index (κ3) is 4.41. The van der Waals surface area contributed by atoms with Crippen LogP contribution in [0.5, 0.6) is 0 Å². The monoisotopic (exact) mass is 269 g/mol. The van der Waals surface area contributed by atoms with Crippen molar-refractivity contribution in [3.8, 4) is 0 Å². The van der Waals surface area contributed by atoms with E-state index in [1.165, 1.54) is 10.9 Å². The van der Waals surface area contributed by atoms with Crippen LogP contribution in [-0.2, 0) is 14.4 Å². The van der Waals surface area contributed by atoms with Gasteiger partial charge in [0.1, 0.15) is 12.1 Å². The molecule has 1 amide bonds. The summed E-state index contributed by atoms with van der Waals surface area (Å²) in [5.41, 5.74) is 0. The van der Waals surface area contributed by atoms with Crippen molar-refractivity contribution in [2.24, 2.45) is 0 Å². The Balaban J connectivity index is 2.61. The van der Waals surface area contributed by atoms with Crippen molar-refractivity contribution in [3.05, 3.63) is 18.5 Å². The SMILES string of the molecule is CC(C(=O)N[C@@H](CCC(=O)O)C(=O)O)n1cccn1. The zero-order chi connectivity index (χ0) is 14.4. The summed E-state index contributed by atoms with van der Waals surface area (Å²) in [6, 6.07) is -0.244. The van der Waals surface area contributed by atoms with Crippen LogP contribution in [0.2, 0.25) is 0 Å². The first-order valence-electron chi connectivity index (χ1n) is 5.66. The van der Waals surface area contributed by atoms with Crippen molar-refractivity contribution in [2.75, 3.05) is 0 Å². The molecule has 0 fully saturated rings. The lowest BCUT2D eigenvalue weighted by atomic mass is 10.1. The molecule has 104 valence electrons. The standard InChI is InChI=1S/C11H15N3O5/c1-7(14-6-2-5-12-14)10(17)13-8(11(18)19)3-4-9(15)16/h2,5-8H,3-4H2,1H3,(H,13,17)(H,15,16)(H,18,19)/t7?,8-/m0/s1. The van der Waals surface area contributed by atoms with Crippen LogP contribution in [0.1, 0.15) is 25.8 Å². The van der Waals surface area contributed by atoms with Crippen molar-refractivity contribution < 1.29 is 24.6 Å². The number of carboxylic acids is 2. The van der Waals surface area contributed by atoms with Crippen LogP contribution in [0.25, 0.3) is 0 Å². The van der Waals surface area contributed by atoms with Gasteiger partial charge in [-0.2, -0.15) is 5.10 Å². The van der Waals surface area contributed by atoms with Gasteiger partial charge in [-0.05, 0) is 19.4 Å². The van der Waals surface area contributed by atoms with Crippen LogP contribution < -0.4 is 5.32 Å². The van der Waals surface area contributed by atoms with Gasteiger partial charge in [-0.3, -0.25) is 14.3 Å². The quantitative estimate of drug-likeness (QED) is 0.634. The number of carbonyl (C=O) groups excluding carboxylic acids is 1. The number of amides is 1. The topological polar surface area (TPSA) is 122 Å². The molecule has 1 unspecified atom stereocenters. The van der Waals surface area contributed by atoms with Crippen LogP contribution in [0, 0.1) is 0 Å². The number of carboxylic acid groups (broad SMARTS) is 2. The van der Waals surface area contributed by atoms with Gasteiger partial charge >= 0.3 is 11.9 Å². The van der Waals surface area contributed by atoms with Gasteiger partial charge in [0.15, 0.2) is 0 Å². The Labute approximate surface area is 109 Å². The fourth-order valence-corrected chi connectivity index (χ4v) is 1.45. The van der Waals surface area contributed by atoms with E-state index in [-0.39, 0.29) is 12.8 Å². The van der Waals surface area contributed by atoms with E-state index in [1.54, 1.807) is 19.2 Å². The molecule has 1 aromatic rings. The number of nitrogens with zero attached hydrogens (tertiary/aromatic N) is 2. The highest BCUT2D eigenvalue weighted by molar-refractivity contribution is 5.86. The molecule has 1 heterocycles. The van der Waals surface area contributed by atoms with Crippen LogP contribution in [-0.4, -0.2) is 43.9 Å². The smallest absolute Gasteiger partial charge is 0.326 e. The second kappa shape index (κ2) is 6.53. The van der Waals surface area contributed by atoms with Crippen molar-refractivity contribution >= 4 is 17.8 Å². The normalized spacial score (nSPS) is 13.5. The zero-order valence-electron chi connectivity index (χ0n) is 10.3. The molecule has 0 spiro atoms. The van der Waals surface area contributed by atoms with E-state index < -0.39 is 29.9 Å². The molecule has 0 saturated heterocycles. The number of rotatable bonds is 7. The maximum Gasteiger partial charge on any atom is 0.326 e. The van der Waals surface area contributed by atoms with Gasteiger partial charge in [0, 0.05) is 18.8 Å². The van der Waals surface area contributed by atoms with Crippen LogP contribution in [0.15, 0.2) is 18.5 Å². The molecule has 0 bridgehead atoms. The molecule has 8 heteroatoms. The fraction of sp³-hybridized carbons (Fsp3) is 0.455. The molecule has 0 radical (unpaired) electrons. The van der Waals surface area contributed by atoms with Crippen molar-refractivity contribution in [1.29, 1.82) is 0 Å². The summed E-state index contributed by atoms with van der Waals surface area (Å²) in [4.78, 5) is 33.2. The number of aliphatic carboxylic acids is 2. The number of carbonyl (C=O) groups is 3. The minimum atomic E-state index is -1.26. The van der Waals surface area contributed by atoms with Crippen molar-refractivity contribution in [3.63, 3.8) is 0 Å². The third-order valence-corrected chi connectivity index (χ3v) is 2.56. The summed E-state index contributed by atoms with van der Waals surface area (Å²) in [5, 5.41) is 23.6. The van der Waals surface area contributed by atoms with Crippen LogP contribution >= 0.6 is 0 Å². The summed E-state index contributed by atoms with van der Waals surface area (Å²) >= 11 is 0. The lowest BCUT2D eigenvalue weighted by Crippen LogP contribution is -2.43. The molecular formula is C11H15N3O5. The molecule has 19 heavy (non-hydrogen) atoms. The Morgan fingerprint density at radius 3 is 2.53 bits per heavy atom. The highest BCUT2D eigenvalue weighted by atomic mass is 16.4. The Hall–Kier alpha value is -2.38. The first kappa shape index (κ1) is 14.7. The van der Waals surface area contributed by atoms with E-state index in [1.807, 2.05) is 0 Å².